The molecule has 4 rings (SSSR count). The SMILES string of the molecule is Cc1ccc2nc(C(=O)NC[C@@H]3CCN(c4ccccc4F)C3)cn2c1. The molecular weight excluding hydrogens is 331 g/mol. The molecule has 1 N–H and O–H groups in total. The number of carbonyl (C=O) groups is 1. The van der Waals surface area contributed by atoms with Crippen molar-refractivity contribution in [3.05, 3.63) is 65.9 Å². The zero-order chi connectivity index (χ0) is 18.1. The van der Waals surface area contributed by atoms with Gasteiger partial charge in [0, 0.05) is 32.0 Å². The van der Waals surface area contributed by atoms with Crippen LogP contribution in [0, 0.1) is 18.7 Å². The summed E-state index contributed by atoms with van der Waals surface area (Å²) in [4.78, 5) is 18.8. The van der Waals surface area contributed by atoms with Gasteiger partial charge < -0.3 is 14.6 Å². The minimum absolute atomic E-state index is 0.171. The molecule has 0 saturated carbocycles. The van der Waals surface area contributed by atoms with Crippen molar-refractivity contribution < 1.29 is 9.18 Å². The van der Waals surface area contributed by atoms with Crippen LogP contribution in [0.4, 0.5) is 10.1 Å². The highest BCUT2D eigenvalue weighted by atomic mass is 19.1. The number of amides is 1. The Morgan fingerprint density at radius 2 is 2.12 bits per heavy atom. The van der Waals surface area contributed by atoms with E-state index in [-0.39, 0.29) is 11.7 Å². The summed E-state index contributed by atoms with van der Waals surface area (Å²) in [7, 11) is 0. The third-order valence-electron chi connectivity index (χ3n) is 4.86. The van der Waals surface area contributed by atoms with Gasteiger partial charge in [-0.25, -0.2) is 9.37 Å². The zero-order valence-electron chi connectivity index (χ0n) is 14.7. The van der Waals surface area contributed by atoms with E-state index in [2.05, 4.69) is 10.3 Å². The normalized spacial score (nSPS) is 17.0. The van der Waals surface area contributed by atoms with Gasteiger partial charge in [-0.2, -0.15) is 0 Å². The predicted octanol–water partition coefficient (Wildman–Crippen LogP) is 3.04. The molecule has 2 aromatic heterocycles. The molecule has 1 saturated heterocycles. The molecule has 0 aliphatic carbocycles. The molecule has 1 amide bonds. The molecule has 26 heavy (non-hydrogen) atoms. The summed E-state index contributed by atoms with van der Waals surface area (Å²) in [5.41, 5.74) is 2.92. The molecule has 6 heteroatoms. The Hall–Kier alpha value is -2.89. The van der Waals surface area contributed by atoms with Crippen LogP contribution in [-0.2, 0) is 0 Å². The lowest BCUT2D eigenvalue weighted by Crippen LogP contribution is -2.31. The summed E-state index contributed by atoms with van der Waals surface area (Å²) in [5, 5.41) is 2.97. The summed E-state index contributed by atoms with van der Waals surface area (Å²) in [5.74, 6) is -0.0642. The molecule has 1 fully saturated rings. The molecule has 3 aromatic rings. The Labute approximate surface area is 151 Å². The van der Waals surface area contributed by atoms with Crippen molar-refractivity contribution in [2.75, 3.05) is 24.5 Å². The number of hydrogen-bond donors (Lipinski definition) is 1. The first kappa shape index (κ1) is 16.6. The van der Waals surface area contributed by atoms with Gasteiger partial charge in [0.25, 0.3) is 5.91 Å². The Morgan fingerprint density at radius 3 is 2.96 bits per heavy atom. The smallest absolute Gasteiger partial charge is 0.271 e. The minimum Gasteiger partial charge on any atom is -0.369 e. The highest BCUT2D eigenvalue weighted by Gasteiger charge is 2.25. The van der Waals surface area contributed by atoms with E-state index < -0.39 is 0 Å². The first-order chi connectivity index (χ1) is 12.6. The van der Waals surface area contributed by atoms with Gasteiger partial charge in [-0.1, -0.05) is 18.2 Å². The standard InChI is InChI=1S/C20H21FN4O/c1-14-6-7-19-23-17(13-25(19)11-14)20(26)22-10-15-8-9-24(12-15)18-5-3-2-4-16(18)21/h2-7,11,13,15H,8-10,12H2,1H3,(H,22,26)/t15-/m0/s1. The number of nitrogens with one attached hydrogen (secondary N) is 1. The monoisotopic (exact) mass is 352 g/mol. The number of halogens is 1. The topological polar surface area (TPSA) is 49.6 Å². The lowest BCUT2D eigenvalue weighted by molar-refractivity contribution is 0.0944. The fourth-order valence-corrected chi connectivity index (χ4v) is 3.47. The van der Waals surface area contributed by atoms with Crippen molar-refractivity contribution in [2.24, 2.45) is 5.92 Å². The molecule has 0 radical (unpaired) electrons. The first-order valence-electron chi connectivity index (χ1n) is 8.83. The van der Waals surface area contributed by atoms with Crippen molar-refractivity contribution >= 4 is 17.2 Å². The van der Waals surface area contributed by atoms with E-state index in [1.165, 1.54) is 6.07 Å². The van der Waals surface area contributed by atoms with Crippen molar-refractivity contribution in [2.45, 2.75) is 13.3 Å². The Balaban J connectivity index is 1.36. The number of aryl methyl sites for hydroxylation is 1. The van der Waals surface area contributed by atoms with E-state index in [0.29, 0.717) is 23.8 Å². The van der Waals surface area contributed by atoms with E-state index >= 15 is 0 Å². The number of anilines is 1. The van der Waals surface area contributed by atoms with E-state index in [1.807, 2.05) is 40.6 Å². The Morgan fingerprint density at radius 1 is 1.27 bits per heavy atom. The third kappa shape index (κ3) is 3.27. The maximum Gasteiger partial charge on any atom is 0.271 e. The van der Waals surface area contributed by atoms with E-state index in [9.17, 15) is 9.18 Å². The van der Waals surface area contributed by atoms with Crippen molar-refractivity contribution in [1.82, 2.24) is 14.7 Å². The summed E-state index contributed by atoms with van der Waals surface area (Å²) >= 11 is 0. The van der Waals surface area contributed by atoms with E-state index in [0.717, 1.165) is 30.7 Å². The molecule has 1 atom stereocenters. The van der Waals surface area contributed by atoms with Crippen LogP contribution < -0.4 is 10.2 Å². The number of fused-ring (bicyclic) bond motifs is 1. The largest absolute Gasteiger partial charge is 0.369 e. The average molecular weight is 352 g/mol. The molecule has 0 bridgehead atoms. The van der Waals surface area contributed by atoms with Crippen LogP contribution in [0.1, 0.15) is 22.5 Å². The average Bonchev–Trinajstić information content (AvgIpc) is 3.26. The van der Waals surface area contributed by atoms with Crippen molar-refractivity contribution in [1.29, 1.82) is 0 Å². The number of aromatic nitrogens is 2. The number of rotatable bonds is 4. The van der Waals surface area contributed by atoms with Crippen LogP contribution in [0.15, 0.2) is 48.8 Å². The molecular formula is C20H21FN4O. The Kier molecular flexibility index (Phi) is 4.32. The number of pyridine rings is 1. The number of para-hydroxylation sites is 1. The number of hydrogen-bond acceptors (Lipinski definition) is 3. The van der Waals surface area contributed by atoms with Crippen molar-refractivity contribution in [3.63, 3.8) is 0 Å². The van der Waals surface area contributed by atoms with Gasteiger partial charge in [-0.05, 0) is 43.0 Å². The number of benzene rings is 1. The van der Waals surface area contributed by atoms with Gasteiger partial charge in [0.2, 0.25) is 0 Å². The highest BCUT2D eigenvalue weighted by Crippen LogP contribution is 2.25. The quantitative estimate of drug-likeness (QED) is 0.785. The molecule has 3 heterocycles. The number of imidazole rings is 1. The van der Waals surface area contributed by atoms with Crippen LogP contribution in [0.2, 0.25) is 0 Å². The number of nitrogens with zero attached hydrogens (tertiary/aromatic N) is 3. The lowest BCUT2D eigenvalue weighted by atomic mass is 10.1. The second kappa shape index (κ2) is 6.78. The third-order valence-corrected chi connectivity index (χ3v) is 4.86. The van der Waals surface area contributed by atoms with Crippen LogP contribution in [-0.4, -0.2) is 34.9 Å². The van der Waals surface area contributed by atoms with Crippen LogP contribution in [0.5, 0.6) is 0 Å². The molecule has 0 unspecified atom stereocenters. The maximum atomic E-state index is 13.9. The van der Waals surface area contributed by atoms with Crippen LogP contribution in [0.3, 0.4) is 0 Å². The molecule has 0 spiro atoms. The van der Waals surface area contributed by atoms with Gasteiger partial charge in [0.05, 0.1) is 5.69 Å². The van der Waals surface area contributed by atoms with Gasteiger partial charge >= 0.3 is 0 Å². The summed E-state index contributed by atoms with van der Waals surface area (Å²) in [6, 6.07) is 10.7. The fraction of sp³-hybridized carbons (Fsp3) is 0.300. The van der Waals surface area contributed by atoms with E-state index in [4.69, 9.17) is 0 Å². The summed E-state index contributed by atoms with van der Waals surface area (Å²) in [6.45, 7) is 4.11. The zero-order valence-corrected chi connectivity index (χ0v) is 14.7. The predicted molar refractivity (Wildman–Crippen MR) is 99.0 cm³/mol. The van der Waals surface area contributed by atoms with E-state index in [1.54, 1.807) is 18.3 Å². The van der Waals surface area contributed by atoms with Gasteiger partial charge in [0.15, 0.2) is 0 Å². The maximum absolute atomic E-state index is 13.9. The van der Waals surface area contributed by atoms with Gasteiger partial charge in [0.1, 0.15) is 17.2 Å². The molecule has 1 aliphatic heterocycles. The second-order valence-corrected chi connectivity index (χ2v) is 6.86. The van der Waals surface area contributed by atoms with Crippen LogP contribution in [0.25, 0.3) is 5.65 Å². The molecule has 1 aromatic carbocycles. The summed E-state index contributed by atoms with van der Waals surface area (Å²) in [6.07, 6.45) is 4.62. The lowest BCUT2D eigenvalue weighted by Gasteiger charge is -2.19. The molecule has 1 aliphatic rings. The fourth-order valence-electron chi connectivity index (χ4n) is 3.47. The van der Waals surface area contributed by atoms with Gasteiger partial charge in [-0.3, -0.25) is 4.79 Å². The molecule has 5 nitrogen and oxygen atoms in total. The Bertz CT molecular complexity index is 952. The first-order valence-corrected chi connectivity index (χ1v) is 8.83. The highest BCUT2D eigenvalue weighted by molar-refractivity contribution is 5.92. The van der Waals surface area contributed by atoms with Gasteiger partial charge in [-0.15, -0.1) is 0 Å². The van der Waals surface area contributed by atoms with Crippen LogP contribution >= 0.6 is 0 Å². The second-order valence-electron chi connectivity index (χ2n) is 6.86. The molecule has 134 valence electrons. The summed E-state index contributed by atoms with van der Waals surface area (Å²) < 4.78 is 15.8. The number of carbonyl (C=O) groups excluding carboxylic acids is 1. The van der Waals surface area contributed by atoms with Crippen molar-refractivity contribution in [3.8, 4) is 0 Å². The minimum atomic E-state index is -0.197.